The van der Waals surface area contributed by atoms with Crippen LogP contribution in [0.4, 0.5) is 0 Å². The SMILES string of the molecule is CCCC[C@H](/C=C/[C@H](C)C(=O)O)NC(=O)C(Cl)(Cl)Cl. The quantitative estimate of drug-likeness (QED) is 0.556. The van der Waals surface area contributed by atoms with Gasteiger partial charge in [0.1, 0.15) is 0 Å². The molecular formula is C12H18Cl3NO3. The number of carbonyl (C=O) groups is 2. The molecule has 110 valence electrons. The van der Waals surface area contributed by atoms with Crippen LogP contribution in [0.2, 0.25) is 0 Å². The Hall–Kier alpha value is -0.450. The zero-order valence-corrected chi connectivity index (χ0v) is 13.1. The lowest BCUT2D eigenvalue weighted by Gasteiger charge is -2.18. The minimum atomic E-state index is -2.02. The van der Waals surface area contributed by atoms with Gasteiger partial charge >= 0.3 is 5.97 Å². The van der Waals surface area contributed by atoms with Crippen molar-refractivity contribution in [1.82, 2.24) is 5.32 Å². The second-order valence-electron chi connectivity index (χ2n) is 4.23. The maximum Gasteiger partial charge on any atom is 0.310 e. The molecule has 2 atom stereocenters. The van der Waals surface area contributed by atoms with Crippen molar-refractivity contribution in [3.63, 3.8) is 0 Å². The highest BCUT2D eigenvalue weighted by Gasteiger charge is 2.31. The molecule has 7 heteroatoms. The number of amides is 1. The van der Waals surface area contributed by atoms with E-state index in [1.165, 1.54) is 6.08 Å². The highest BCUT2D eigenvalue weighted by molar-refractivity contribution is 6.76. The summed E-state index contributed by atoms with van der Waals surface area (Å²) >= 11 is 16.4. The molecule has 0 aliphatic rings. The molecule has 4 nitrogen and oxygen atoms in total. The van der Waals surface area contributed by atoms with E-state index < -0.39 is 21.6 Å². The number of carbonyl (C=O) groups excluding carboxylic acids is 1. The van der Waals surface area contributed by atoms with Crippen LogP contribution in [-0.4, -0.2) is 26.8 Å². The number of carboxylic acids is 1. The van der Waals surface area contributed by atoms with Gasteiger partial charge in [-0.15, -0.1) is 0 Å². The average Bonchev–Trinajstić information content (AvgIpc) is 2.30. The molecule has 0 spiro atoms. The molecule has 0 saturated heterocycles. The molecule has 0 aromatic rings. The first-order chi connectivity index (χ1) is 8.68. The van der Waals surface area contributed by atoms with Crippen LogP contribution < -0.4 is 5.32 Å². The summed E-state index contributed by atoms with van der Waals surface area (Å²) in [5.74, 6) is -2.28. The van der Waals surface area contributed by atoms with Crippen LogP contribution in [0, 0.1) is 5.92 Å². The van der Waals surface area contributed by atoms with Gasteiger partial charge in [0.25, 0.3) is 9.70 Å². The molecule has 0 aliphatic heterocycles. The van der Waals surface area contributed by atoms with Crippen LogP contribution in [0.5, 0.6) is 0 Å². The molecule has 2 N–H and O–H groups in total. The first-order valence-electron chi connectivity index (χ1n) is 5.97. The minimum Gasteiger partial charge on any atom is -0.481 e. The number of alkyl halides is 3. The first-order valence-corrected chi connectivity index (χ1v) is 7.10. The van der Waals surface area contributed by atoms with Gasteiger partial charge in [0.2, 0.25) is 0 Å². The van der Waals surface area contributed by atoms with Crippen molar-refractivity contribution < 1.29 is 14.7 Å². The molecule has 0 fully saturated rings. The van der Waals surface area contributed by atoms with Crippen molar-refractivity contribution in [3.05, 3.63) is 12.2 Å². The van der Waals surface area contributed by atoms with Gasteiger partial charge in [-0.3, -0.25) is 9.59 Å². The van der Waals surface area contributed by atoms with Crippen molar-refractivity contribution >= 4 is 46.7 Å². The van der Waals surface area contributed by atoms with E-state index in [2.05, 4.69) is 5.32 Å². The lowest BCUT2D eigenvalue weighted by atomic mass is 10.1. The highest BCUT2D eigenvalue weighted by atomic mass is 35.6. The number of rotatable bonds is 7. The van der Waals surface area contributed by atoms with E-state index in [-0.39, 0.29) is 6.04 Å². The van der Waals surface area contributed by atoms with Crippen molar-refractivity contribution in [2.45, 2.75) is 42.9 Å². The van der Waals surface area contributed by atoms with E-state index in [9.17, 15) is 9.59 Å². The van der Waals surface area contributed by atoms with Gasteiger partial charge in [-0.1, -0.05) is 66.7 Å². The summed E-state index contributed by atoms with van der Waals surface area (Å²) in [4.78, 5) is 22.3. The zero-order valence-electron chi connectivity index (χ0n) is 10.8. The fourth-order valence-corrected chi connectivity index (χ4v) is 1.44. The monoisotopic (exact) mass is 329 g/mol. The molecule has 0 aromatic heterocycles. The Morgan fingerprint density at radius 3 is 2.32 bits per heavy atom. The number of aliphatic carboxylic acids is 1. The highest BCUT2D eigenvalue weighted by Crippen LogP contribution is 2.26. The molecule has 0 aromatic carbocycles. The summed E-state index contributed by atoms with van der Waals surface area (Å²) in [5, 5.41) is 11.4. The topological polar surface area (TPSA) is 66.4 Å². The lowest BCUT2D eigenvalue weighted by Crippen LogP contribution is -2.40. The van der Waals surface area contributed by atoms with E-state index in [0.29, 0.717) is 6.42 Å². The number of halogens is 3. The molecule has 0 bridgehead atoms. The average molecular weight is 331 g/mol. The van der Waals surface area contributed by atoms with Gasteiger partial charge in [0.05, 0.1) is 5.92 Å². The normalized spacial score (nSPS) is 15.2. The summed E-state index contributed by atoms with van der Waals surface area (Å²) in [7, 11) is 0. The second kappa shape index (κ2) is 8.67. The van der Waals surface area contributed by atoms with Crippen LogP contribution >= 0.6 is 34.8 Å². The second-order valence-corrected chi connectivity index (χ2v) is 6.51. The number of carboxylic acid groups (broad SMARTS) is 1. The van der Waals surface area contributed by atoms with E-state index in [4.69, 9.17) is 39.9 Å². The predicted molar refractivity (Wildman–Crippen MR) is 77.7 cm³/mol. The van der Waals surface area contributed by atoms with Crippen LogP contribution in [0.15, 0.2) is 12.2 Å². The van der Waals surface area contributed by atoms with Crippen LogP contribution in [0.3, 0.4) is 0 Å². The fraction of sp³-hybridized carbons (Fsp3) is 0.667. The molecule has 0 heterocycles. The smallest absolute Gasteiger partial charge is 0.310 e. The Morgan fingerprint density at radius 1 is 1.32 bits per heavy atom. The predicted octanol–water partition coefficient (Wildman–Crippen LogP) is 3.31. The Labute approximate surface area is 128 Å². The third-order valence-corrected chi connectivity index (χ3v) is 2.98. The van der Waals surface area contributed by atoms with Crippen LogP contribution in [0.25, 0.3) is 0 Å². The Bertz CT molecular complexity index is 340. The van der Waals surface area contributed by atoms with Crippen molar-refractivity contribution in [1.29, 1.82) is 0 Å². The number of hydrogen-bond acceptors (Lipinski definition) is 2. The maximum absolute atomic E-state index is 11.6. The largest absolute Gasteiger partial charge is 0.481 e. The van der Waals surface area contributed by atoms with Crippen molar-refractivity contribution in [2.24, 2.45) is 5.92 Å². The molecule has 0 aliphatic carbocycles. The zero-order chi connectivity index (χ0) is 15.1. The summed E-state index contributed by atoms with van der Waals surface area (Å²) in [6, 6.07) is -0.343. The molecule has 0 saturated carbocycles. The van der Waals surface area contributed by atoms with Gasteiger partial charge in [-0.05, 0) is 13.3 Å². The van der Waals surface area contributed by atoms with Gasteiger partial charge in [-0.25, -0.2) is 0 Å². The molecule has 0 radical (unpaired) electrons. The van der Waals surface area contributed by atoms with Gasteiger partial charge in [0, 0.05) is 6.04 Å². The van der Waals surface area contributed by atoms with Crippen LogP contribution in [-0.2, 0) is 9.59 Å². The van der Waals surface area contributed by atoms with E-state index in [1.54, 1.807) is 13.0 Å². The molecular weight excluding hydrogens is 312 g/mol. The fourth-order valence-electron chi connectivity index (χ4n) is 1.27. The Balaban J connectivity index is 4.63. The number of hydrogen-bond donors (Lipinski definition) is 2. The standard InChI is InChI=1S/C12H18Cl3NO3/c1-3-4-5-9(7-6-8(2)10(17)18)16-11(19)12(13,14)15/h6-9H,3-5H2,1-2H3,(H,16,19)(H,17,18)/b7-6+/t8-,9+/m0/s1. The van der Waals surface area contributed by atoms with Crippen molar-refractivity contribution in [3.8, 4) is 0 Å². The van der Waals surface area contributed by atoms with E-state index in [0.717, 1.165) is 12.8 Å². The minimum absolute atomic E-state index is 0.343. The van der Waals surface area contributed by atoms with Gasteiger partial charge in [0.15, 0.2) is 0 Å². The maximum atomic E-state index is 11.6. The third kappa shape index (κ3) is 8.35. The summed E-state index contributed by atoms with van der Waals surface area (Å²) in [5.41, 5.74) is 0. The molecule has 19 heavy (non-hydrogen) atoms. The molecule has 1 amide bonds. The van der Waals surface area contributed by atoms with Crippen LogP contribution in [0.1, 0.15) is 33.1 Å². The Morgan fingerprint density at radius 2 is 1.89 bits per heavy atom. The summed E-state index contributed by atoms with van der Waals surface area (Å²) < 4.78 is -2.02. The molecule has 0 unspecified atom stereocenters. The van der Waals surface area contributed by atoms with E-state index >= 15 is 0 Å². The third-order valence-electron chi connectivity index (χ3n) is 2.46. The summed E-state index contributed by atoms with van der Waals surface area (Å²) in [6.07, 6.45) is 5.62. The Kier molecular flexibility index (Phi) is 8.46. The number of unbranched alkanes of at least 4 members (excludes halogenated alkanes) is 1. The first kappa shape index (κ1) is 18.6. The molecule has 0 rings (SSSR count). The van der Waals surface area contributed by atoms with Gasteiger partial charge in [-0.2, -0.15) is 0 Å². The summed E-state index contributed by atoms with van der Waals surface area (Å²) in [6.45, 7) is 3.56. The van der Waals surface area contributed by atoms with Gasteiger partial charge < -0.3 is 10.4 Å². The number of nitrogens with one attached hydrogen (secondary N) is 1. The van der Waals surface area contributed by atoms with E-state index in [1.807, 2.05) is 6.92 Å². The lowest BCUT2D eigenvalue weighted by molar-refractivity contribution is -0.139. The van der Waals surface area contributed by atoms with Crippen molar-refractivity contribution in [2.75, 3.05) is 0 Å².